The average molecular weight is 302 g/mol. The molecule has 19 heavy (non-hydrogen) atoms. The predicted octanol–water partition coefficient (Wildman–Crippen LogP) is 2.26. The number of hydrogen-bond donors (Lipinski definition) is 1. The molecule has 1 aliphatic heterocycles. The van der Waals surface area contributed by atoms with Gasteiger partial charge in [0, 0.05) is 29.9 Å². The highest BCUT2D eigenvalue weighted by Crippen LogP contribution is 2.36. The van der Waals surface area contributed by atoms with Crippen LogP contribution in [0, 0.1) is 11.3 Å². The number of rotatable bonds is 3. The van der Waals surface area contributed by atoms with Crippen LogP contribution in [0.2, 0.25) is 0 Å². The van der Waals surface area contributed by atoms with Gasteiger partial charge in [0.25, 0.3) is 0 Å². The number of thiophene rings is 1. The molecule has 1 saturated heterocycles. The Kier molecular flexibility index (Phi) is 4.07. The first kappa shape index (κ1) is 15.0. The van der Waals surface area contributed by atoms with E-state index in [-0.39, 0.29) is 5.41 Å². The summed E-state index contributed by atoms with van der Waals surface area (Å²) in [5, 5.41) is 1.70. The molecule has 0 radical (unpaired) electrons. The molecule has 108 valence electrons. The van der Waals surface area contributed by atoms with Crippen LogP contribution in [0.25, 0.3) is 0 Å². The van der Waals surface area contributed by atoms with Crippen LogP contribution < -0.4 is 5.73 Å². The maximum atomic E-state index is 12.5. The van der Waals surface area contributed by atoms with Gasteiger partial charge in [0.2, 0.25) is 10.0 Å². The highest BCUT2D eigenvalue weighted by molar-refractivity contribution is 7.89. The van der Waals surface area contributed by atoms with E-state index >= 15 is 0 Å². The van der Waals surface area contributed by atoms with Gasteiger partial charge in [0.1, 0.15) is 0 Å². The molecule has 0 saturated carbocycles. The standard InChI is InChI=1S/C13H22N2O2S2/c1-13(2,3)10-4-5-15(8-10)19(16,17)12-6-11(7-14)18-9-12/h6,9-10H,4-5,7-8,14H2,1-3H3. The third-order valence-corrected chi connectivity index (χ3v) is 6.80. The first-order valence-corrected chi connectivity index (χ1v) is 8.85. The van der Waals surface area contributed by atoms with E-state index in [1.165, 1.54) is 11.3 Å². The summed E-state index contributed by atoms with van der Waals surface area (Å²) in [7, 11) is -3.33. The van der Waals surface area contributed by atoms with Crippen LogP contribution in [0.3, 0.4) is 0 Å². The molecule has 0 aromatic carbocycles. The summed E-state index contributed by atoms with van der Waals surface area (Å²) in [6.45, 7) is 8.16. The van der Waals surface area contributed by atoms with Gasteiger partial charge >= 0.3 is 0 Å². The van der Waals surface area contributed by atoms with Gasteiger partial charge in [-0.2, -0.15) is 4.31 Å². The Morgan fingerprint density at radius 2 is 2.16 bits per heavy atom. The molecule has 0 aliphatic carbocycles. The lowest BCUT2D eigenvalue weighted by Crippen LogP contribution is -2.31. The molecule has 1 aromatic rings. The highest BCUT2D eigenvalue weighted by atomic mass is 32.2. The molecule has 4 nitrogen and oxygen atoms in total. The lowest BCUT2D eigenvalue weighted by molar-refractivity contribution is 0.252. The van der Waals surface area contributed by atoms with E-state index in [0.29, 0.717) is 30.4 Å². The number of nitrogens with two attached hydrogens (primary N) is 1. The third kappa shape index (κ3) is 3.02. The molecule has 2 N–H and O–H groups in total. The van der Waals surface area contributed by atoms with Gasteiger partial charge in [0.15, 0.2) is 0 Å². The third-order valence-electron chi connectivity index (χ3n) is 3.84. The lowest BCUT2D eigenvalue weighted by atomic mass is 9.80. The molecule has 0 amide bonds. The quantitative estimate of drug-likeness (QED) is 0.931. The van der Waals surface area contributed by atoms with Crippen LogP contribution in [-0.2, 0) is 16.6 Å². The van der Waals surface area contributed by atoms with E-state index in [1.807, 2.05) is 0 Å². The van der Waals surface area contributed by atoms with Gasteiger partial charge in [-0.05, 0) is 23.8 Å². The summed E-state index contributed by atoms with van der Waals surface area (Å²) in [5.41, 5.74) is 5.70. The monoisotopic (exact) mass is 302 g/mol. The van der Waals surface area contributed by atoms with E-state index in [2.05, 4.69) is 20.8 Å². The molecule has 1 fully saturated rings. The normalized spacial score (nSPS) is 22.0. The van der Waals surface area contributed by atoms with Gasteiger partial charge in [-0.15, -0.1) is 11.3 Å². The second kappa shape index (κ2) is 5.16. The molecular formula is C13H22N2O2S2. The summed E-state index contributed by atoms with van der Waals surface area (Å²) >= 11 is 1.41. The predicted molar refractivity (Wildman–Crippen MR) is 78.5 cm³/mol. The molecular weight excluding hydrogens is 280 g/mol. The van der Waals surface area contributed by atoms with Gasteiger partial charge in [-0.1, -0.05) is 20.8 Å². The van der Waals surface area contributed by atoms with Crippen LogP contribution in [0.4, 0.5) is 0 Å². The minimum atomic E-state index is -3.33. The van der Waals surface area contributed by atoms with Crippen LogP contribution in [0.5, 0.6) is 0 Å². The van der Waals surface area contributed by atoms with E-state index in [4.69, 9.17) is 5.73 Å². The summed E-state index contributed by atoms with van der Waals surface area (Å²) in [5.74, 6) is 0.426. The van der Waals surface area contributed by atoms with Crippen LogP contribution in [0.1, 0.15) is 32.1 Å². The molecule has 0 spiro atoms. The smallest absolute Gasteiger partial charge is 0.243 e. The van der Waals surface area contributed by atoms with Crippen molar-refractivity contribution in [1.29, 1.82) is 0 Å². The van der Waals surface area contributed by atoms with Crippen molar-refractivity contribution in [2.75, 3.05) is 13.1 Å². The molecule has 1 atom stereocenters. The topological polar surface area (TPSA) is 63.4 Å². The maximum absolute atomic E-state index is 12.5. The van der Waals surface area contributed by atoms with Crippen molar-refractivity contribution in [3.05, 3.63) is 16.3 Å². The van der Waals surface area contributed by atoms with Crippen molar-refractivity contribution in [2.24, 2.45) is 17.1 Å². The van der Waals surface area contributed by atoms with E-state index in [9.17, 15) is 8.42 Å². The fraction of sp³-hybridized carbons (Fsp3) is 0.692. The van der Waals surface area contributed by atoms with Crippen molar-refractivity contribution in [3.63, 3.8) is 0 Å². The minimum absolute atomic E-state index is 0.154. The Bertz CT molecular complexity index is 543. The molecule has 2 rings (SSSR count). The average Bonchev–Trinajstić information content (AvgIpc) is 2.98. The molecule has 2 heterocycles. The molecule has 1 aromatic heterocycles. The minimum Gasteiger partial charge on any atom is -0.326 e. The zero-order valence-electron chi connectivity index (χ0n) is 11.7. The van der Waals surface area contributed by atoms with Crippen molar-refractivity contribution < 1.29 is 8.42 Å². The largest absolute Gasteiger partial charge is 0.326 e. The Hall–Kier alpha value is -0.430. The second-order valence-corrected chi connectivity index (χ2v) is 9.10. The summed E-state index contributed by atoms with van der Waals surface area (Å²) in [6.07, 6.45) is 0.941. The summed E-state index contributed by atoms with van der Waals surface area (Å²) < 4.78 is 26.7. The fourth-order valence-electron chi connectivity index (χ4n) is 2.41. The molecule has 6 heteroatoms. The summed E-state index contributed by atoms with van der Waals surface area (Å²) in [4.78, 5) is 1.30. The van der Waals surface area contributed by atoms with E-state index in [1.54, 1.807) is 15.8 Å². The van der Waals surface area contributed by atoms with Crippen molar-refractivity contribution in [2.45, 2.75) is 38.6 Å². The number of sulfonamides is 1. The number of hydrogen-bond acceptors (Lipinski definition) is 4. The Morgan fingerprint density at radius 1 is 1.47 bits per heavy atom. The SMILES string of the molecule is CC(C)(C)C1CCN(S(=O)(=O)c2csc(CN)c2)C1. The fourth-order valence-corrected chi connectivity index (χ4v) is 5.05. The second-order valence-electron chi connectivity index (χ2n) is 6.17. The first-order valence-electron chi connectivity index (χ1n) is 6.53. The zero-order chi connectivity index (χ0) is 14.3. The van der Waals surface area contributed by atoms with Crippen molar-refractivity contribution in [1.82, 2.24) is 4.31 Å². The van der Waals surface area contributed by atoms with Gasteiger partial charge in [-0.3, -0.25) is 0 Å². The van der Waals surface area contributed by atoms with Gasteiger partial charge in [-0.25, -0.2) is 8.42 Å². The van der Waals surface area contributed by atoms with Gasteiger partial charge in [0.05, 0.1) is 4.90 Å². The Balaban J connectivity index is 2.18. The zero-order valence-corrected chi connectivity index (χ0v) is 13.4. The van der Waals surface area contributed by atoms with Crippen LogP contribution >= 0.6 is 11.3 Å². The van der Waals surface area contributed by atoms with Crippen LogP contribution in [-0.4, -0.2) is 25.8 Å². The van der Waals surface area contributed by atoms with Crippen LogP contribution in [0.15, 0.2) is 16.3 Å². The maximum Gasteiger partial charge on any atom is 0.243 e. The molecule has 0 bridgehead atoms. The van der Waals surface area contributed by atoms with Crippen molar-refractivity contribution in [3.8, 4) is 0 Å². The van der Waals surface area contributed by atoms with Crippen molar-refractivity contribution >= 4 is 21.4 Å². The highest BCUT2D eigenvalue weighted by Gasteiger charge is 2.37. The molecule has 1 aliphatic rings. The Labute approximate surface area is 119 Å². The molecule has 1 unspecified atom stereocenters. The van der Waals surface area contributed by atoms with Gasteiger partial charge < -0.3 is 5.73 Å². The Morgan fingerprint density at radius 3 is 2.63 bits per heavy atom. The first-order chi connectivity index (χ1) is 8.75. The lowest BCUT2D eigenvalue weighted by Gasteiger charge is -2.26. The van der Waals surface area contributed by atoms with E-state index < -0.39 is 10.0 Å². The summed E-state index contributed by atoms with van der Waals surface area (Å²) in [6, 6.07) is 1.70. The van der Waals surface area contributed by atoms with E-state index in [0.717, 1.165) is 11.3 Å². The number of nitrogens with zero attached hydrogens (tertiary/aromatic N) is 1.